The van der Waals surface area contributed by atoms with E-state index in [1.165, 1.54) is 21.6 Å². The highest BCUT2D eigenvalue weighted by Crippen LogP contribution is 2.17. The number of nitrogens with two attached hydrogens (primary N) is 1. The van der Waals surface area contributed by atoms with Crippen LogP contribution in [0.1, 0.15) is 23.7 Å². The fraction of sp³-hybridized carbons (Fsp3) is 0.308. The van der Waals surface area contributed by atoms with E-state index in [0.717, 1.165) is 6.42 Å². The summed E-state index contributed by atoms with van der Waals surface area (Å²) < 4.78 is 7.58. The maximum Gasteiger partial charge on any atom is 0.350 e. The van der Waals surface area contributed by atoms with Crippen molar-refractivity contribution in [3.05, 3.63) is 40.6 Å². The topological polar surface area (TPSA) is 92.1 Å². The molecular formula is C13H16N4O3. The normalized spacial score (nSPS) is 10.5. The molecule has 1 heterocycles. The number of nitrogens with zero attached hydrogens (tertiary/aromatic N) is 3. The Bertz CT molecular complexity index is 687. The summed E-state index contributed by atoms with van der Waals surface area (Å²) in [5.41, 5.74) is 6.47. The molecule has 7 heteroatoms. The van der Waals surface area contributed by atoms with Gasteiger partial charge < -0.3 is 10.5 Å². The molecule has 0 aliphatic heterocycles. The van der Waals surface area contributed by atoms with E-state index >= 15 is 0 Å². The van der Waals surface area contributed by atoms with Crippen molar-refractivity contribution in [1.82, 2.24) is 14.3 Å². The summed E-state index contributed by atoms with van der Waals surface area (Å²) in [5.74, 6) is -0.504. The highest BCUT2D eigenvalue weighted by molar-refractivity contribution is 5.95. The molecule has 2 aromatic rings. The van der Waals surface area contributed by atoms with E-state index in [2.05, 4.69) is 5.10 Å². The Balaban J connectivity index is 2.41. The van der Waals surface area contributed by atoms with E-state index in [9.17, 15) is 9.59 Å². The molecule has 1 aromatic carbocycles. The Morgan fingerprint density at radius 2 is 2.20 bits per heavy atom. The van der Waals surface area contributed by atoms with Gasteiger partial charge in [-0.25, -0.2) is 9.59 Å². The van der Waals surface area contributed by atoms with E-state index in [0.29, 0.717) is 18.0 Å². The average Bonchev–Trinajstić information content (AvgIpc) is 2.77. The van der Waals surface area contributed by atoms with Crippen LogP contribution in [0.25, 0.3) is 5.69 Å². The summed E-state index contributed by atoms with van der Waals surface area (Å²) in [4.78, 5) is 23.7. The summed E-state index contributed by atoms with van der Waals surface area (Å²) in [6.07, 6.45) is 2.12. The van der Waals surface area contributed by atoms with Gasteiger partial charge in [-0.3, -0.25) is 4.57 Å². The molecule has 0 spiro atoms. The number of esters is 1. The molecule has 0 radical (unpaired) electrons. The van der Waals surface area contributed by atoms with Gasteiger partial charge in [-0.2, -0.15) is 9.78 Å². The van der Waals surface area contributed by atoms with Gasteiger partial charge in [0.2, 0.25) is 0 Å². The molecule has 20 heavy (non-hydrogen) atoms. The summed E-state index contributed by atoms with van der Waals surface area (Å²) in [6, 6.07) is 4.68. The molecule has 0 unspecified atom stereocenters. The van der Waals surface area contributed by atoms with E-state index in [-0.39, 0.29) is 11.3 Å². The van der Waals surface area contributed by atoms with E-state index in [1.807, 2.05) is 6.92 Å². The lowest BCUT2D eigenvalue weighted by Crippen LogP contribution is -2.22. The van der Waals surface area contributed by atoms with Crippen LogP contribution in [0.15, 0.2) is 29.3 Å². The predicted molar refractivity (Wildman–Crippen MR) is 73.8 cm³/mol. The van der Waals surface area contributed by atoms with Gasteiger partial charge in [0.1, 0.15) is 6.33 Å². The standard InChI is InChI=1S/C13H16N4O3/c1-3-6-20-12(18)10-7-9(4-5-11(10)14)17-13(19)16(2)8-15-17/h4-5,7-8H,3,6,14H2,1-2H3. The second-order valence-corrected chi connectivity index (χ2v) is 4.34. The maximum atomic E-state index is 11.9. The Labute approximate surface area is 115 Å². The molecule has 0 fully saturated rings. The number of benzene rings is 1. The van der Waals surface area contributed by atoms with Crippen LogP contribution in [-0.2, 0) is 11.8 Å². The first-order valence-electron chi connectivity index (χ1n) is 6.22. The SMILES string of the molecule is CCCOC(=O)c1cc(-n2ncn(C)c2=O)ccc1N. The molecule has 2 rings (SSSR count). The molecule has 106 valence electrons. The number of hydrogen-bond donors (Lipinski definition) is 1. The number of aryl methyl sites for hydroxylation is 1. The molecular weight excluding hydrogens is 260 g/mol. The van der Waals surface area contributed by atoms with Crippen LogP contribution in [-0.4, -0.2) is 26.9 Å². The molecule has 0 aliphatic carbocycles. The fourth-order valence-corrected chi connectivity index (χ4v) is 1.68. The third kappa shape index (κ3) is 2.56. The Hall–Kier alpha value is -2.57. The molecule has 0 atom stereocenters. The Morgan fingerprint density at radius 1 is 1.45 bits per heavy atom. The minimum Gasteiger partial charge on any atom is -0.462 e. The number of nitrogen functional groups attached to an aromatic ring is 1. The summed E-state index contributed by atoms with van der Waals surface area (Å²) in [5, 5.41) is 3.95. The highest BCUT2D eigenvalue weighted by atomic mass is 16.5. The number of aromatic nitrogens is 3. The molecule has 0 saturated heterocycles. The average molecular weight is 276 g/mol. The third-order valence-electron chi connectivity index (χ3n) is 2.76. The number of anilines is 1. The minimum atomic E-state index is -0.504. The number of ether oxygens (including phenoxy) is 1. The van der Waals surface area contributed by atoms with Gasteiger partial charge in [0.15, 0.2) is 0 Å². The first-order valence-corrected chi connectivity index (χ1v) is 6.22. The zero-order valence-corrected chi connectivity index (χ0v) is 11.4. The van der Waals surface area contributed by atoms with Crippen molar-refractivity contribution in [2.45, 2.75) is 13.3 Å². The number of carbonyl (C=O) groups excluding carboxylic acids is 1. The number of hydrogen-bond acceptors (Lipinski definition) is 5. The second-order valence-electron chi connectivity index (χ2n) is 4.34. The van der Waals surface area contributed by atoms with Crippen LogP contribution < -0.4 is 11.4 Å². The Morgan fingerprint density at radius 3 is 2.80 bits per heavy atom. The first kappa shape index (κ1) is 13.9. The fourth-order valence-electron chi connectivity index (χ4n) is 1.68. The number of carbonyl (C=O) groups is 1. The molecule has 0 bridgehead atoms. The summed E-state index contributed by atoms with van der Waals surface area (Å²) in [7, 11) is 1.60. The van der Waals surface area contributed by atoms with Crippen LogP contribution >= 0.6 is 0 Å². The number of rotatable bonds is 4. The van der Waals surface area contributed by atoms with Gasteiger partial charge >= 0.3 is 11.7 Å². The maximum absolute atomic E-state index is 11.9. The molecule has 0 aliphatic rings. The van der Waals surface area contributed by atoms with E-state index < -0.39 is 5.97 Å². The largest absolute Gasteiger partial charge is 0.462 e. The zero-order chi connectivity index (χ0) is 14.7. The van der Waals surface area contributed by atoms with Gasteiger partial charge in [0.25, 0.3) is 0 Å². The van der Waals surface area contributed by atoms with Crippen LogP contribution in [0.3, 0.4) is 0 Å². The lowest BCUT2D eigenvalue weighted by atomic mass is 10.1. The van der Waals surface area contributed by atoms with Crippen molar-refractivity contribution in [2.24, 2.45) is 7.05 Å². The van der Waals surface area contributed by atoms with Gasteiger partial charge in [0, 0.05) is 12.7 Å². The summed E-state index contributed by atoms with van der Waals surface area (Å²) in [6.45, 7) is 2.23. The van der Waals surface area contributed by atoms with Gasteiger partial charge in [-0.05, 0) is 24.6 Å². The third-order valence-corrected chi connectivity index (χ3v) is 2.76. The second kappa shape index (κ2) is 5.60. The molecule has 7 nitrogen and oxygen atoms in total. The van der Waals surface area contributed by atoms with Crippen molar-refractivity contribution >= 4 is 11.7 Å². The quantitative estimate of drug-likeness (QED) is 0.656. The molecule has 1 aromatic heterocycles. The van der Waals surface area contributed by atoms with Crippen LogP contribution in [0.5, 0.6) is 0 Å². The molecule has 0 saturated carbocycles. The van der Waals surface area contributed by atoms with Crippen LogP contribution in [0.2, 0.25) is 0 Å². The molecule has 0 amide bonds. The smallest absolute Gasteiger partial charge is 0.350 e. The van der Waals surface area contributed by atoms with Crippen molar-refractivity contribution in [3.63, 3.8) is 0 Å². The van der Waals surface area contributed by atoms with Crippen molar-refractivity contribution < 1.29 is 9.53 Å². The minimum absolute atomic E-state index is 0.230. The van der Waals surface area contributed by atoms with Crippen molar-refractivity contribution in [2.75, 3.05) is 12.3 Å². The van der Waals surface area contributed by atoms with Crippen LogP contribution in [0.4, 0.5) is 5.69 Å². The van der Waals surface area contributed by atoms with Crippen molar-refractivity contribution in [1.29, 1.82) is 0 Å². The zero-order valence-electron chi connectivity index (χ0n) is 11.4. The lowest BCUT2D eigenvalue weighted by Gasteiger charge is -2.08. The van der Waals surface area contributed by atoms with Gasteiger partial charge in [0.05, 0.1) is 17.9 Å². The highest BCUT2D eigenvalue weighted by Gasteiger charge is 2.14. The van der Waals surface area contributed by atoms with Gasteiger partial charge in [-0.1, -0.05) is 6.92 Å². The Kier molecular flexibility index (Phi) is 3.88. The van der Waals surface area contributed by atoms with Gasteiger partial charge in [-0.15, -0.1) is 0 Å². The van der Waals surface area contributed by atoms with E-state index in [4.69, 9.17) is 10.5 Å². The lowest BCUT2D eigenvalue weighted by molar-refractivity contribution is 0.0506. The van der Waals surface area contributed by atoms with E-state index in [1.54, 1.807) is 19.2 Å². The van der Waals surface area contributed by atoms with Crippen molar-refractivity contribution in [3.8, 4) is 5.69 Å². The predicted octanol–water partition coefficient (Wildman–Crippen LogP) is 0.720. The monoisotopic (exact) mass is 276 g/mol. The molecule has 2 N–H and O–H groups in total. The van der Waals surface area contributed by atoms with Crippen LogP contribution in [0, 0.1) is 0 Å². The summed E-state index contributed by atoms with van der Waals surface area (Å²) >= 11 is 0. The first-order chi connectivity index (χ1) is 9.54.